The number of aryl methyl sites for hydroxylation is 1. The van der Waals surface area contributed by atoms with Crippen LogP contribution in [0, 0.1) is 0 Å². The Kier molecular flexibility index (Phi) is 7.94. The molecule has 6 rings (SSSR count). The molecule has 3 heterocycles. The summed E-state index contributed by atoms with van der Waals surface area (Å²) in [5, 5.41) is 5.89. The van der Waals surface area contributed by atoms with E-state index in [0.717, 1.165) is 40.3 Å². The van der Waals surface area contributed by atoms with E-state index in [1.807, 2.05) is 55.5 Å². The second-order valence-electron chi connectivity index (χ2n) is 12.1. The normalized spacial score (nSPS) is 24.4. The van der Waals surface area contributed by atoms with E-state index in [2.05, 4.69) is 24.7 Å². The van der Waals surface area contributed by atoms with Gasteiger partial charge in [-0.2, -0.15) is 0 Å². The van der Waals surface area contributed by atoms with Crippen molar-refractivity contribution in [2.45, 2.75) is 63.0 Å². The second kappa shape index (κ2) is 11.8. The first-order chi connectivity index (χ1) is 20.8. The predicted molar refractivity (Wildman–Crippen MR) is 163 cm³/mol. The number of likely N-dealkylation sites (N-methyl/N-ethyl adjacent to an activating group) is 1. The summed E-state index contributed by atoms with van der Waals surface area (Å²) in [6.45, 7) is 2.25. The zero-order chi connectivity index (χ0) is 30.1. The van der Waals surface area contributed by atoms with Gasteiger partial charge in [0.15, 0.2) is 6.29 Å². The summed E-state index contributed by atoms with van der Waals surface area (Å²) in [6, 6.07) is 21.4. The Hall–Kier alpha value is -4.21. The Morgan fingerprint density at radius 2 is 1.72 bits per heavy atom. The van der Waals surface area contributed by atoms with Crippen LogP contribution in [0.25, 0.3) is 11.1 Å². The maximum Gasteiger partial charge on any atom is 0.411 e. The smallest absolute Gasteiger partial charge is 0.411 e. The minimum Gasteiger partial charge on any atom is -0.493 e. The van der Waals surface area contributed by atoms with E-state index >= 15 is 0 Å². The van der Waals surface area contributed by atoms with Gasteiger partial charge in [-0.25, -0.2) is 4.79 Å². The lowest BCUT2D eigenvalue weighted by Gasteiger charge is -2.45. The fraction of sp³-hybridized carbons (Fsp3) is 0.382. The van der Waals surface area contributed by atoms with Gasteiger partial charge in [-0.15, -0.1) is 0 Å². The highest BCUT2D eigenvalue weighted by molar-refractivity contribution is 5.93. The van der Waals surface area contributed by atoms with Crippen molar-refractivity contribution in [3.8, 4) is 16.9 Å². The number of ether oxygens (including phenoxy) is 3. The predicted octanol–water partition coefficient (Wildman–Crippen LogP) is 5.44. The lowest BCUT2D eigenvalue weighted by Crippen LogP contribution is -2.60. The average Bonchev–Trinajstić information content (AvgIpc) is 3.76. The third-order valence-corrected chi connectivity index (χ3v) is 9.08. The molecule has 0 radical (unpaired) electrons. The highest BCUT2D eigenvalue weighted by Crippen LogP contribution is 2.51. The molecular formula is C34H38N3O6+. The largest absolute Gasteiger partial charge is 0.493 e. The van der Waals surface area contributed by atoms with Crippen LogP contribution in [-0.2, 0) is 20.7 Å². The van der Waals surface area contributed by atoms with Gasteiger partial charge in [-0.3, -0.25) is 14.9 Å². The number of hydrogen-bond donors (Lipinski definition) is 2. The molecule has 3 aromatic carbocycles. The zero-order valence-electron chi connectivity index (χ0n) is 24.7. The van der Waals surface area contributed by atoms with E-state index in [1.165, 1.54) is 0 Å². The monoisotopic (exact) mass is 584 g/mol. The Bertz CT molecular complexity index is 1500. The summed E-state index contributed by atoms with van der Waals surface area (Å²) >= 11 is 0. The molecule has 5 atom stereocenters. The van der Waals surface area contributed by atoms with Crippen LogP contribution in [0.15, 0.2) is 66.7 Å². The molecule has 3 aliphatic heterocycles. The standard InChI is InChI=1S/C34H37N3O6/c1-4-41-30-17-24(13-12-23(30)20-38)35-31(39)15-11-21-10-14-26(22-8-6-5-7-9-22)27(16-21)36-34(40)42-25-18-28-32-33(43-32)29(19-25)37(28,2)3/h5-10,12-14,16-17,20,25,28-29,32-33H,4,11,15,18-19H2,1-3H3,(H-,35,36,38,39,40)/p+1/t25?,28-,29+,32-,33+. The summed E-state index contributed by atoms with van der Waals surface area (Å²) < 4.78 is 18.3. The molecule has 9 heteroatoms. The summed E-state index contributed by atoms with van der Waals surface area (Å²) in [5.41, 5.74) is 4.38. The minimum atomic E-state index is -0.470. The van der Waals surface area contributed by atoms with Crippen molar-refractivity contribution in [3.05, 3.63) is 77.9 Å². The Morgan fingerprint density at radius 3 is 2.42 bits per heavy atom. The number of benzene rings is 3. The van der Waals surface area contributed by atoms with Crippen LogP contribution in [0.1, 0.15) is 42.1 Å². The van der Waals surface area contributed by atoms with Crippen LogP contribution in [0.3, 0.4) is 0 Å². The van der Waals surface area contributed by atoms with Gasteiger partial charge in [0.05, 0.1) is 32.0 Å². The first kappa shape index (κ1) is 28.9. The quantitative estimate of drug-likeness (QED) is 0.187. The number of aldehydes is 1. The van der Waals surface area contributed by atoms with Crippen molar-refractivity contribution >= 4 is 29.7 Å². The van der Waals surface area contributed by atoms with Crippen LogP contribution < -0.4 is 15.4 Å². The number of nitrogens with zero attached hydrogens (tertiary/aromatic N) is 1. The molecular weight excluding hydrogens is 546 g/mol. The number of piperidine rings is 1. The molecule has 0 aliphatic carbocycles. The first-order valence-electron chi connectivity index (χ1n) is 14.9. The molecule has 0 aromatic heterocycles. The molecule has 3 fully saturated rings. The van der Waals surface area contributed by atoms with Crippen molar-refractivity contribution in [3.63, 3.8) is 0 Å². The zero-order valence-corrected chi connectivity index (χ0v) is 24.7. The molecule has 2 bridgehead atoms. The van der Waals surface area contributed by atoms with Crippen LogP contribution in [0.2, 0.25) is 0 Å². The lowest BCUT2D eigenvalue weighted by molar-refractivity contribution is -0.938. The number of amides is 2. The molecule has 2 N–H and O–H groups in total. The Balaban J connectivity index is 1.12. The number of carbonyl (C=O) groups excluding carboxylic acids is 3. The van der Waals surface area contributed by atoms with E-state index in [4.69, 9.17) is 14.2 Å². The molecule has 224 valence electrons. The lowest BCUT2D eigenvalue weighted by atomic mass is 9.96. The van der Waals surface area contributed by atoms with Gasteiger partial charge in [0.25, 0.3) is 0 Å². The van der Waals surface area contributed by atoms with Gasteiger partial charge in [0.2, 0.25) is 5.91 Å². The number of quaternary nitrogens is 1. The molecule has 3 aromatic rings. The average molecular weight is 585 g/mol. The summed E-state index contributed by atoms with van der Waals surface area (Å²) in [6.07, 6.45) is 2.98. The molecule has 43 heavy (non-hydrogen) atoms. The highest BCUT2D eigenvalue weighted by Gasteiger charge is 2.70. The molecule has 1 unspecified atom stereocenters. The number of nitrogens with one attached hydrogen (secondary N) is 2. The van der Waals surface area contributed by atoms with Gasteiger partial charge in [0, 0.05) is 36.6 Å². The SMILES string of the molecule is CCOc1cc(NC(=O)CCc2ccc(-c3ccccc3)c(NC(=O)OC3C[C@@H]4[C@H]5O[C@H]5[C@H](C3)[N+]4(C)C)c2)ccc1C=O. The van der Waals surface area contributed by atoms with Gasteiger partial charge < -0.3 is 24.0 Å². The van der Waals surface area contributed by atoms with E-state index in [1.54, 1.807) is 18.2 Å². The number of anilines is 2. The highest BCUT2D eigenvalue weighted by atomic mass is 16.6. The van der Waals surface area contributed by atoms with Crippen molar-refractivity contribution in [1.29, 1.82) is 0 Å². The van der Waals surface area contributed by atoms with E-state index in [-0.39, 0.29) is 30.6 Å². The van der Waals surface area contributed by atoms with Crippen molar-refractivity contribution < 1.29 is 33.1 Å². The van der Waals surface area contributed by atoms with Crippen molar-refractivity contribution in [2.24, 2.45) is 0 Å². The van der Waals surface area contributed by atoms with Gasteiger partial charge in [-0.1, -0.05) is 42.5 Å². The molecule has 0 saturated carbocycles. The number of carbonyl (C=O) groups is 3. The fourth-order valence-electron chi connectivity index (χ4n) is 6.78. The number of epoxide rings is 1. The third-order valence-electron chi connectivity index (χ3n) is 9.08. The second-order valence-corrected chi connectivity index (χ2v) is 12.1. The third kappa shape index (κ3) is 6.00. The van der Waals surface area contributed by atoms with Crippen molar-refractivity contribution in [1.82, 2.24) is 0 Å². The Labute approximate surface area is 251 Å². The number of fused-ring (bicyclic) bond motifs is 5. The van der Waals surface area contributed by atoms with Crippen LogP contribution in [-0.4, -0.2) is 73.9 Å². The molecule has 9 nitrogen and oxygen atoms in total. The van der Waals surface area contributed by atoms with Gasteiger partial charge >= 0.3 is 6.09 Å². The maximum absolute atomic E-state index is 13.2. The summed E-state index contributed by atoms with van der Waals surface area (Å²) in [7, 11) is 4.50. The topological polar surface area (TPSA) is 106 Å². The minimum absolute atomic E-state index is 0.145. The van der Waals surface area contributed by atoms with E-state index in [9.17, 15) is 14.4 Å². The number of morpholine rings is 1. The van der Waals surface area contributed by atoms with Crippen LogP contribution in [0.4, 0.5) is 16.2 Å². The van der Waals surface area contributed by atoms with E-state index in [0.29, 0.717) is 47.8 Å². The van der Waals surface area contributed by atoms with Gasteiger partial charge in [0.1, 0.15) is 36.1 Å². The first-order valence-corrected chi connectivity index (χ1v) is 14.9. The maximum atomic E-state index is 13.2. The molecule has 2 amide bonds. The summed E-state index contributed by atoms with van der Waals surface area (Å²) in [4.78, 5) is 37.2. The number of hydrogen-bond acceptors (Lipinski definition) is 6. The fourth-order valence-corrected chi connectivity index (χ4v) is 6.78. The molecule has 3 saturated heterocycles. The molecule has 3 aliphatic rings. The van der Waals surface area contributed by atoms with Crippen molar-refractivity contribution in [2.75, 3.05) is 31.3 Å². The van der Waals surface area contributed by atoms with Gasteiger partial charge in [-0.05, 0) is 42.7 Å². The van der Waals surface area contributed by atoms with E-state index < -0.39 is 6.09 Å². The summed E-state index contributed by atoms with van der Waals surface area (Å²) in [5.74, 6) is 0.265. The van der Waals surface area contributed by atoms with Crippen LogP contribution in [0.5, 0.6) is 5.75 Å². The molecule has 0 spiro atoms. The van der Waals surface area contributed by atoms with Crippen LogP contribution >= 0.6 is 0 Å². The Morgan fingerprint density at radius 1 is 0.977 bits per heavy atom. The number of rotatable bonds is 10.